The fourth-order valence-electron chi connectivity index (χ4n) is 1.89. The first-order valence-electron chi connectivity index (χ1n) is 4.67. The molecule has 1 aliphatic carbocycles. The maximum absolute atomic E-state index is 5.88. The third-order valence-electron chi connectivity index (χ3n) is 2.75. The molecule has 2 unspecified atom stereocenters. The summed E-state index contributed by atoms with van der Waals surface area (Å²) in [6.07, 6.45) is 6.13. The van der Waals surface area contributed by atoms with Gasteiger partial charge in [0, 0.05) is 6.04 Å². The molecule has 1 aliphatic rings. The maximum Gasteiger partial charge on any atom is 0.00445 e. The van der Waals surface area contributed by atoms with Gasteiger partial charge in [0.05, 0.1) is 0 Å². The van der Waals surface area contributed by atoms with Crippen molar-refractivity contribution >= 4 is 0 Å². The molecule has 0 heterocycles. The van der Waals surface area contributed by atoms with Crippen LogP contribution in [0.25, 0.3) is 0 Å². The van der Waals surface area contributed by atoms with Crippen molar-refractivity contribution < 1.29 is 0 Å². The van der Waals surface area contributed by atoms with E-state index in [1.807, 2.05) is 0 Å². The number of hydrogen-bond donors (Lipinski definition) is 1. The number of hydrogen-bond acceptors (Lipinski definition) is 1. The Morgan fingerprint density at radius 2 is 2.27 bits per heavy atom. The molecule has 2 N–H and O–H groups in total. The van der Waals surface area contributed by atoms with Crippen LogP contribution in [0.1, 0.15) is 39.0 Å². The lowest BCUT2D eigenvalue weighted by molar-refractivity contribution is 0.355. The molecule has 2 atom stereocenters. The topological polar surface area (TPSA) is 26.0 Å². The molecule has 0 amide bonds. The van der Waals surface area contributed by atoms with Crippen LogP contribution in [-0.2, 0) is 0 Å². The van der Waals surface area contributed by atoms with Gasteiger partial charge in [0.1, 0.15) is 0 Å². The minimum Gasteiger partial charge on any atom is -0.328 e. The van der Waals surface area contributed by atoms with Gasteiger partial charge in [-0.3, -0.25) is 0 Å². The van der Waals surface area contributed by atoms with E-state index in [0.717, 1.165) is 12.3 Å². The molecule has 1 rings (SSSR count). The van der Waals surface area contributed by atoms with E-state index < -0.39 is 0 Å². The third kappa shape index (κ3) is 2.33. The van der Waals surface area contributed by atoms with Crippen LogP contribution >= 0.6 is 0 Å². The highest BCUT2D eigenvalue weighted by atomic mass is 14.6. The minimum atomic E-state index is 0.442. The molecule has 0 radical (unpaired) electrons. The largest absolute Gasteiger partial charge is 0.328 e. The molecule has 64 valence electrons. The fourth-order valence-corrected chi connectivity index (χ4v) is 1.89. The van der Waals surface area contributed by atoms with Crippen LogP contribution in [-0.4, -0.2) is 6.04 Å². The van der Waals surface area contributed by atoms with Crippen molar-refractivity contribution in [2.45, 2.75) is 45.1 Å². The Labute approximate surface area is 69.7 Å². The van der Waals surface area contributed by atoms with E-state index in [4.69, 9.17) is 5.73 Å². The zero-order valence-electron chi connectivity index (χ0n) is 7.47. The van der Waals surface area contributed by atoms with Gasteiger partial charge in [-0.2, -0.15) is 0 Å². The lowest BCUT2D eigenvalue weighted by Crippen LogP contribution is -2.28. The standard InChI is InChI=1S/C10H19N/c1-3-8(2)9-5-4-6-10(11)7-9/h9-10H,2-7,11H2,1H3. The molecule has 0 saturated heterocycles. The Morgan fingerprint density at radius 1 is 1.55 bits per heavy atom. The second kappa shape index (κ2) is 3.91. The summed E-state index contributed by atoms with van der Waals surface area (Å²) in [5.74, 6) is 0.726. The Bertz CT molecular complexity index is 140. The van der Waals surface area contributed by atoms with Crippen molar-refractivity contribution in [1.82, 2.24) is 0 Å². The third-order valence-corrected chi connectivity index (χ3v) is 2.75. The van der Waals surface area contributed by atoms with Gasteiger partial charge in [0.25, 0.3) is 0 Å². The highest BCUT2D eigenvalue weighted by Crippen LogP contribution is 2.29. The Hall–Kier alpha value is -0.300. The summed E-state index contributed by atoms with van der Waals surface area (Å²) >= 11 is 0. The zero-order valence-corrected chi connectivity index (χ0v) is 7.47. The maximum atomic E-state index is 5.88. The van der Waals surface area contributed by atoms with Crippen molar-refractivity contribution in [3.8, 4) is 0 Å². The predicted octanol–water partition coefficient (Wildman–Crippen LogP) is 2.47. The van der Waals surface area contributed by atoms with Crippen molar-refractivity contribution in [3.05, 3.63) is 12.2 Å². The van der Waals surface area contributed by atoms with E-state index in [1.165, 1.54) is 31.3 Å². The first-order chi connectivity index (χ1) is 5.24. The fraction of sp³-hybridized carbons (Fsp3) is 0.800. The van der Waals surface area contributed by atoms with Crippen molar-refractivity contribution in [1.29, 1.82) is 0 Å². The first kappa shape index (κ1) is 8.79. The van der Waals surface area contributed by atoms with Crippen LogP contribution in [0.2, 0.25) is 0 Å². The van der Waals surface area contributed by atoms with Crippen molar-refractivity contribution in [3.63, 3.8) is 0 Å². The average molecular weight is 153 g/mol. The van der Waals surface area contributed by atoms with Gasteiger partial charge < -0.3 is 5.73 Å². The van der Waals surface area contributed by atoms with Gasteiger partial charge in [-0.05, 0) is 31.6 Å². The second-order valence-electron chi connectivity index (χ2n) is 3.64. The van der Waals surface area contributed by atoms with Gasteiger partial charge in [-0.15, -0.1) is 0 Å². The highest BCUT2D eigenvalue weighted by Gasteiger charge is 2.20. The second-order valence-corrected chi connectivity index (χ2v) is 3.64. The molecule has 0 aromatic heterocycles. The Balaban J connectivity index is 2.39. The van der Waals surface area contributed by atoms with Crippen molar-refractivity contribution in [2.24, 2.45) is 11.7 Å². The lowest BCUT2D eigenvalue weighted by Gasteiger charge is -2.27. The molecule has 0 bridgehead atoms. The van der Waals surface area contributed by atoms with Crippen LogP contribution in [0.3, 0.4) is 0 Å². The smallest absolute Gasteiger partial charge is 0.00445 e. The van der Waals surface area contributed by atoms with Gasteiger partial charge in [0.2, 0.25) is 0 Å². The zero-order chi connectivity index (χ0) is 8.27. The van der Waals surface area contributed by atoms with Crippen LogP contribution in [0.5, 0.6) is 0 Å². The molecule has 0 aromatic rings. The number of allylic oxidation sites excluding steroid dienone is 1. The van der Waals surface area contributed by atoms with Crippen LogP contribution < -0.4 is 5.73 Å². The highest BCUT2D eigenvalue weighted by molar-refractivity contribution is 5.02. The van der Waals surface area contributed by atoms with Gasteiger partial charge in [0.15, 0.2) is 0 Å². The summed E-state index contributed by atoms with van der Waals surface area (Å²) in [4.78, 5) is 0. The molecule has 11 heavy (non-hydrogen) atoms. The normalized spacial score (nSPS) is 31.8. The van der Waals surface area contributed by atoms with Gasteiger partial charge in [-0.25, -0.2) is 0 Å². The summed E-state index contributed by atoms with van der Waals surface area (Å²) < 4.78 is 0. The van der Waals surface area contributed by atoms with Crippen LogP contribution in [0, 0.1) is 5.92 Å². The van der Waals surface area contributed by atoms with Crippen LogP contribution in [0.15, 0.2) is 12.2 Å². The van der Waals surface area contributed by atoms with Gasteiger partial charge >= 0.3 is 0 Å². The molecule has 1 fully saturated rings. The molecule has 1 heteroatoms. The molecular formula is C10H19N. The van der Waals surface area contributed by atoms with E-state index in [-0.39, 0.29) is 0 Å². The Morgan fingerprint density at radius 3 is 2.82 bits per heavy atom. The van der Waals surface area contributed by atoms with E-state index in [2.05, 4.69) is 13.5 Å². The summed E-state index contributed by atoms with van der Waals surface area (Å²) in [5.41, 5.74) is 7.28. The minimum absolute atomic E-state index is 0.442. The van der Waals surface area contributed by atoms with E-state index in [0.29, 0.717) is 6.04 Å². The number of nitrogens with two attached hydrogens (primary N) is 1. The number of rotatable bonds is 2. The molecule has 1 nitrogen and oxygen atoms in total. The van der Waals surface area contributed by atoms with Crippen molar-refractivity contribution in [2.75, 3.05) is 0 Å². The summed E-state index contributed by atoms with van der Waals surface area (Å²) in [6.45, 7) is 6.26. The molecule has 0 aromatic carbocycles. The first-order valence-corrected chi connectivity index (χ1v) is 4.67. The van der Waals surface area contributed by atoms with E-state index >= 15 is 0 Å². The molecule has 0 spiro atoms. The van der Waals surface area contributed by atoms with E-state index in [9.17, 15) is 0 Å². The quantitative estimate of drug-likeness (QED) is 0.606. The Kier molecular flexibility index (Phi) is 3.13. The van der Waals surface area contributed by atoms with Gasteiger partial charge in [-0.1, -0.05) is 25.5 Å². The monoisotopic (exact) mass is 153 g/mol. The summed E-state index contributed by atoms with van der Waals surface area (Å²) in [5, 5.41) is 0. The molecular weight excluding hydrogens is 134 g/mol. The molecule has 1 saturated carbocycles. The lowest BCUT2D eigenvalue weighted by atomic mass is 9.81. The summed E-state index contributed by atoms with van der Waals surface area (Å²) in [7, 11) is 0. The van der Waals surface area contributed by atoms with Crippen LogP contribution in [0.4, 0.5) is 0 Å². The molecule has 0 aliphatic heterocycles. The SMILES string of the molecule is C=C(CC)C1CCCC(N)C1. The summed E-state index contributed by atoms with van der Waals surface area (Å²) in [6, 6.07) is 0.442. The van der Waals surface area contributed by atoms with E-state index in [1.54, 1.807) is 0 Å². The average Bonchev–Trinajstić information content (AvgIpc) is 2.03. The predicted molar refractivity (Wildman–Crippen MR) is 49.4 cm³/mol.